The van der Waals surface area contributed by atoms with Gasteiger partial charge >= 0.3 is 6.03 Å². The number of hydrazine groups is 1. The Morgan fingerprint density at radius 2 is 1.52 bits per heavy atom. The molecule has 0 spiro atoms. The number of urea groups is 1. The Hall–Kier alpha value is -2.38. The molecule has 0 fully saturated rings. The quantitative estimate of drug-likeness (QED) is 0.752. The predicted molar refractivity (Wildman–Crippen MR) is 89.6 cm³/mol. The van der Waals surface area contributed by atoms with E-state index in [2.05, 4.69) is 15.6 Å². The molecule has 6 nitrogen and oxygen atoms in total. The van der Waals surface area contributed by atoms with Gasteiger partial charge in [0.2, 0.25) is 0 Å². The van der Waals surface area contributed by atoms with Gasteiger partial charge in [-0.2, -0.15) is 0 Å². The molecule has 2 rings (SSSR count). The number of sulfonamides is 1. The van der Waals surface area contributed by atoms with Crippen molar-refractivity contribution >= 4 is 21.7 Å². The van der Waals surface area contributed by atoms with Crippen molar-refractivity contribution in [3.8, 4) is 0 Å². The number of carbonyl (C=O) groups is 1. The molecule has 0 saturated heterocycles. The highest BCUT2D eigenvalue weighted by molar-refractivity contribution is 7.89. The van der Waals surface area contributed by atoms with Crippen LogP contribution in [0.25, 0.3) is 0 Å². The van der Waals surface area contributed by atoms with Gasteiger partial charge in [0, 0.05) is 5.69 Å². The zero-order valence-electron chi connectivity index (χ0n) is 13.2. The summed E-state index contributed by atoms with van der Waals surface area (Å²) in [6.07, 6.45) is 0. The Labute approximate surface area is 135 Å². The van der Waals surface area contributed by atoms with E-state index in [1.807, 2.05) is 13.0 Å². The predicted octanol–water partition coefficient (Wildman–Crippen LogP) is 2.63. The lowest BCUT2D eigenvalue weighted by molar-refractivity contribution is 0.250. The fourth-order valence-corrected chi connectivity index (χ4v) is 3.73. The fourth-order valence-electron chi connectivity index (χ4n) is 2.44. The van der Waals surface area contributed by atoms with Crippen molar-refractivity contribution in [1.29, 1.82) is 0 Å². The van der Waals surface area contributed by atoms with E-state index < -0.39 is 16.1 Å². The average Bonchev–Trinajstić information content (AvgIpc) is 2.45. The summed E-state index contributed by atoms with van der Waals surface area (Å²) < 4.78 is 24.8. The number of carbonyl (C=O) groups excluding carboxylic acids is 1. The van der Waals surface area contributed by atoms with Gasteiger partial charge < -0.3 is 5.32 Å². The van der Waals surface area contributed by atoms with E-state index in [0.29, 0.717) is 16.8 Å². The second kappa shape index (κ2) is 6.80. The van der Waals surface area contributed by atoms with Crippen LogP contribution in [-0.2, 0) is 10.0 Å². The normalized spacial score (nSPS) is 11.1. The molecular formula is C16H19N3O3S. The van der Waals surface area contributed by atoms with Crippen LogP contribution in [0.5, 0.6) is 0 Å². The van der Waals surface area contributed by atoms with Gasteiger partial charge in [0.1, 0.15) is 0 Å². The number of anilines is 1. The summed E-state index contributed by atoms with van der Waals surface area (Å²) >= 11 is 0. The summed E-state index contributed by atoms with van der Waals surface area (Å²) in [7, 11) is -3.85. The Kier molecular flexibility index (Phi) is 5.02. The lowest BCUT2D eigenvalue weighted by atomic mass is 10.1. The number of rotatable bonds is 4. The third-order valence-electron chi connectivity index (χ3n) is 3.20. The molecule has 3 N–H and O–H groups in total. The van der Waals surface area contributed by atoms with Crippen LogP contribution < -0.4 is 15.6 Å². The molecule has 0 bridgehead atoms. The Bertz CT molecular complexity index is 795. The first kappa shape index (κ1) is 17.0. The monoisotopic (exact) mass is 333 g/mol. The summed E-state index contributed by atoms with van der Waals surface area (Å²) in [6, 6.07) is 11.6. The zero-order chi connectivity index (χ0) is 17.0. The Morgan fingerprint density at radius 1 is 0.957 bits per heavy atom. The Morgan fingerprint density at radius 3 is 2.09 bits per heavy atom. The SMILES string of the molecule is Cc1cc(C)c(S(=O)(=O)NNC(=O)Nc2ccccc2)c(C)c1. The minimum absolute atomic E-state index is 0.170. The van der Waals surface area contributed by atoms with Crippen molar-refractivity contribution in [2.24, 2.45) is 0 Å². The maximum Gasteiger partial charge on any atom is 0.334 e. The molecule has 2 aromatic carbocycles. The van der Waals surface area contributed by atoms with Crippen LogP contribution in [0, 0.1) is 20.8 Å². The molecule has 0 aromatic heterocycles. The van der Waals surface area contributed by atoms with E-state index in [9.17, 15) is 13.2 Å². The average molecular weight is 333 g/mol. The van der Waals surface area contributed by atoms with Gasteiger partial charge in [-0.1, -0.05) is 35.9 Å². The number of benzene rings is 2. The van der Waals surface area contributed by atoms with Gasteiger partial charge in [0.15, 0.2) is 0 Å². The Balaban J connectivity index is 2.09. The summed E-state index contributed by atoms with van der Waals surface area (Å²) in [5, 5.41) is 2.53. The second-order valence-electron chi connectivity index (χ2n) is 5.28. The summed E-state index contributed by atoms with van der Waals surface area (Å²) in [6.45, 7) is 5.34. The summed E-state index contributed by atoms with van der Waals surface area (Å²) in [5.74, 6) is 0. The number of hydrogen-bond acceptors (Lipinski definition) is 3. The van der Waals surface area contributed by atoms with E-state index in [1.165, 1.54) is 0 Å². The van der Waals surface area contributed by atoms with Gasteiger partial charge in [0.25, 0.3) is 10.0 Å². The van der Waals surface area contributed by atoms with Crippen molar-refractivity contribution in [3.05, 3.63) is 59.2 Å². The number of para-hydroxylation sites is 1. The molecule has 0 unspecified atom stereocenters. The molecule has 23 heavy (non-hydrogen) atoms. The minimum atomic E-state index is -3.85. The van der Waals surface area contributed by atoms with Crippen LogP contribution >= 0.6 is 0 Å². The molecule has 0 aliphatic heterocycles. The highest BCUT2D eigenvalue weighted by Gasteiger charge is 2.20. The highest BCUT2D eigenvalue weighted by atomic mass is 32.2. The number of nitrogens with one attached hydrogen (secondary N) is 3. The molecule has 0 aliphatic rings. The maximum atomic E-state index is 12.4. The molecule has 0 saturated carbocycles. The van der Waals surface area contributed by atoms with Crippen molar-refractivity contribution < 1.29 is 13.2 Å². The number of amides is 2. The van der Waals surface area contributed by atoms with Crippen molar-refractivity contribution in [1.82, 2.24) is 10.3 Å². The zero-order valence-corrected chi connectivity index (χ0v) is 14.0. The van der Waals surface area contributed by atoms with Crippen LogP contribution in [0.15, 0.2) is 47.4 Å². The van der Waals surface area contributed by atoms with Gasteiger partial charge in [-0.05, 0) is 44.0 Å². The van der Waals surface area contributed by atoms with E-state index in [0.717, 1.165) is 5.56 Å². The molecule has 0 atom stereocenters. The lowest BCUT2D eigenvalue weighted by Gasteiger charge is -2.14. The van der Waals surface area contributed by atoms with Crippen LogP contribution in [-0.4, -0.2) is 14.4 Å². The van der Waals surface area contributed by atoms with Crippen LogP contribution in [0.1, 0.15) is 16.7 Å². The number of hydrogen-bond donors (Lipinski definition) is 3. The van der Waals surface area contributed by atoms with Gasteiger partial charge in [-0.3, -0.25) is 5.43 Å². The minimum Gasteiger partial charge on any atom is -0.307 e. The first-order chi connectivity index (χ1) is 10.8. The molecule has 0 heterocycles. The van der Waals surface area contributed by atoms with Crippen molar-refractivity contribution in [2.75, 3.05) is 5.32 Å². The maximum absolute atomic E-state index is 12.4. The lowest BCUT2D eigenvalue weighted by Crippen LogP contribution is -2.44. The van der Waals surface area contributed by atoms with Crippen molar-refractivity contribution in [2.45, 2.75) is 25.7 Å². The van der Waals surface area contributed by atoms with E-state index in [-0.39, 0.29) is 4.90 Å². The number of aryl methyl sites for hydroxylation is 3. The molecule has 2 aromatic rings. The molecule has 122 valence electrons. The first-order valence-electron chi connectivity index (χ1n) is 7.01. The van der Waals surface area contributed by atoms with Crippen LogP contribution in [0.3, 0.4) is 0 Å². The van der Waals surface area contributed by atoms with Gasteiger partial charge in [-0.15, -0.1) is 4.83 Å². The molecular weight excluding hydrogens is 314 g/mol. The molecule has 2 amide bonds. The van der Waals surface area contributed by atoms with Gasteiger partial charge in [0.05, 0.1) is 4.90 Å². The third kappa shape index (κ3) is 4.30. The third-order valence-corrected chi connectivity index (χ3v) is 4.76. The van der Waals surface area contributed by atoms with E-state index >= 15 is 0 Å². The topological polar surface area (TPSA) is 87.3 Å². The van der Waals surface area contributed by atoms with Crippen molar-refractivity contribution in [3.63, 3.8) is 0 Å². The largest absolute Gasteiger partial charge is 0.334 e. The summed E-state index contributed by atoms with van der Waals surface area (Å²) in [4.78, 5) is 14.0. The van der Waals surface area contributed by atoms with E-state index in [4.69, 9.17) is 0 Å². The first-order valence-corrected chi connectivity index (χ1v) is 8.49. The smallest absolute Gasteiger partial charge is 0.307 e. The van der Waals surface area contributed by atoms with Gasteiger partial charge in [-0.25, -0.2) is 13.2 Å². The molecule has 0 aliphatic carbocycles. The molecule has 7 heteroatoms. The molecule has 0 radical (unpaired) electrons. The van der Waals surface area contributed by atoms with E-state index in [1.54, 1.807) is 50.2 Å². The standard InChI is InChI=1S/C16H19N3O3S/c1-11-9-12(2)15(13(3)10-11)23(21,22)19-18-16(20)17-14-7-5-4-6-8-14/h4-10,19H,1-3H3,(H2,17,18,20). The fraction of sp³-hybridized carbons (Fsp3) is 0.188. The second-order valence-corrected chi connectivity index (χ2v) is 6.90. The highest BCUT2D eigenvalue weighted by Crippen LogP contribution is 2.21. The van der Waals surface area contributed by atoms with Crippen LogP contribution in [0.2, 0.25) is 0 Å². The summed E-state index contributed by atoms with van der Waals surface area (Å²) in [5.41, 5.74) is 4.94. The van der Waals surface area contributed by atoms with Crippen LogP contribution in [0.4, 0.5) is 10.5 Å².